The number of aliphatic hydroxyl groups excluding tert-OH is 1. The van der Waals surface area contributed by atoms with Gasteiger partial charge in [-0.2, -0.15) is 4.37 Å². The first-order valence-corrected chi connectivity index (χ1v) is 11.9. The number of rotatable bonds is 5. The van der Waals surface area contributed by atoms with Crippen LogP contribution in [0.25, 0.3) is 12.2 Å². The molecule has 2 N–H and O–H groups in total. The molecule has 2 fully saturated rings. The van der Waals surface area contributed by atoms with Gasteiger partial charge in [-0.05, 0) is 60.1 Å². The minimum atomic E-state index is -0.449. The zero-order chi connectivity index (χ0) is 22.8. The molecule has 3 aliphatic rings. The second kappa shape index (κ2) is 9.12. The number of β-amino-alcohol motifs (C(OH)–C–C–N with tert-alkyl or cyclic N) is 1. The number of hydrogen-bond acceptors (Lipinski definition) is 8. The number of anilines is 1. The lowest BCUT2D eigenvalue weighted by atomic mass is 9.72. The third-order valence-corrected chi connectivity index (χ3v) is 7.04. The monoisotopic (exact) mass is 466 g/mol. The smallest absolute Gasteiger partial charge is 0.246 e. The van der Waals surface area contributed by atoms with E-state index in [9.17, 15) is 9.59 Å². The van der Waals surface area contributed by atoms with Crippen molar-refractivity contribution in [3.8, 4) is 0 Å². The molecule has 3 aliphatic heterocycles. The van der Waals surface area contributed by atoms with Crippen molar-refractivity contribution in [1.29, 1.82) is 0 Å². The molecule has 0 bridgehead atoms. The van der Waals surface area contributed by atoms with E-state index < -0.39 is 5.41 Å². The third kappa shape index (κ3) is 4.59. The predicted molar refractivity (Wildman–Crippen MR) is 125 cm³/mol. The summed E-state index contributed by atoms with van der Waals surface area (Å²) in [5.41, 5.74) is 4.36. The van der Waals surface area contributed by atoms with E-state index in [4.69, 9.17) is 5.11 Å². The fourth-order valence-corrected chi connectivity index (χ4v) is 5.18. The molecule has 0 aliphatic carbocycles. The molecule has 5 heterocycles. The van der Waals surface area contributed by atoms with Gasteiger partial charge in [0.25, 0.3) is 0 Å². The molecular weight excluding hydrogens is 440 g/mol. The van der Waals surface area contributed by atoms with Gasteiger partial charge < -0.3 is 15.3 Å². The number of nitrogens with one attached hydrogen (secondary N) is 1. The molecule has 2 aromatic rings. The van der Waals surface area contributed by atoms with E-state index in [1.165, 1.54) is 17.1 Å². The maximum absolute atomic E-state index is 12.7. The molecule has 10 heteroatoms. The SMILES string of the molecule is O=C(C=Cc1cnc2c(c1)CC1(CN(CCO)C1)C(=O)N2)N1CCC(=Cc2ncsn2)CC1. The van der Waals surface area contributed by atoms with Crippen molar-refractivity contribution in [3.63, 3.8) is 0 Å². The van der Waals surface area contributed by atoms with Crippen LogP contribution in [0.2, 0.25) is 0 Å². The zero-order valence-electron chi connectivity index (χ0n) is 18.2. The molecule has 0 aromatic carbocycles. The normalized spacial score (nSPS) is 20.0. The summed E-state index contributed by atoms with van der Waals surface area (Å²) < 4.78 is 4.21. The molecule has 172 valence electrons. The van der Waals surface area contributed by atoms with Crippen molar-refractivity contribution in [2.75, 3.05) is 44.6 Å². The number of pyridine rings is 1. The van der Waals surface area contributed by atoms with Crippen LogP contribution in [0.5, 0.6) is 0 Å². The van der Waals surface area contributed by atoms with Crippen molar-refractivity contribution in [1.82, 2.24) is 24.1 Å². The highest BCUT2D eigenvalue weighted by Gasteiger charge is 2.51. The zero-order valence-corrected chi connectivity index (χ0v) is 19.1. The summed E-state index contributed by atoms with van der Waals surface area (Å²) in [7, 11) is 0. The number of fused-ring (bicyclic) bond motifs is 1. The highest BCUT2D eigenvalue weighted by Crippen LogP contribution is 2.40. The Morgan fingerprint density at radius 2 is 2.09 bits per heavy atom. The molecule has 2 amide bonds. The van der Waals surface area contributed by atoms with Gasteiger partial charge in [0.2, 0.25) is 11.8 Å². The number of carbonyl (C=O) groups is 2. The van der Waals surface area contributed by atoms with Crippen molar-refractivity contribution in [3.05, 3.63) is 46.4 Å². The standard InChI is InChI=1S/C23H26N6O3S/c30-8-7-28-13-23(14-28)11-18-9-17(12-24-21(18)26-22(23)32)1-2-20(31)29-5-3-16(4-6-29)10-19-25-15-33-27-19/h1-2,9-10,12,15,30H,3-8,11,13-14H2,(H,24,26,32). The Bertz CT molecular complexity index is 1100. The van der Waals surface area contributed by atoms with E-state index in [0.717, 1.165) is 29.8 Å². The maximum atomic E-state index is 12.7. The third-order valence-electron chi connectivity index (χ3n) is 6.55. The van der Waals surface area contributed by atoms with Gasteiger partial charge in [0, 0.05) is 45.0 Å². The number of aromatic nitrogens is 3. The first-order valence-electron chi connectivity index (χ1n) is 11.1. The molecule has 0 atom stereocenters. The largest absolute Gasteiger partial charge is 0.395 e. The summed E-state index contributed by atoms with van der Waals surface area (Å²) in [6.45, 7) is 3.32. The van der Waals surface area contributed by atoms with E-state index in [1.807, 2.05) is 17.0 Å². The summed E-state index contributed by atoms with van der Waals surface area (Å²) in [6.07, 6.45) is 9.36. The average Bonchev–Trinajstić information content (AvgIpc) is 3.30. The van der Waals surface area contributed by atoms with Gasteiger partial charge in [-0.3, -0.25) is 14.5 Å². The summed E-state index contributed by atoms with van der Waals surface area (Å²) >= 11 is 1.34. The summed E-state index contributed by atoms with van der Waals surface area (Å²) in [6, 6.07) is 2.00. The first kappa shape index (κ1) is 21.9. The molecule has 0 unspecified atom stereocenters. The number of hydrogen-bond donors (Lipinski definition) is 2. The van der Waals surface area contributed by atoms with Crippen LogP contribution in [0.4, 0.5) is 5.82 Å². The van der Waals surface area contributed by atoms with E-state index >= 15 is 0 Å². The lowest BCUT2D eigenvalue weighted by Gasteiger charge is -2.50. The Morgan fingerprint density at radius 1 is 1.27 bits per heavy atom. The highest BCUT2D eigenvalue weighted by molar-refractivity contribution is 7.03. The number of piperidine rings is 1. The Balaban J connectivity index is 1.20. The van der Waals surface area contributed by atoms with Crippen molar-refractivity contribution < 1.29 is 14.7 Å². The van der Waals surface area contributed by atoms with Gasteiger partial charge in [0.05, 0.1) is 12.0 Å². The van der Waals surface area contributed by atoms with Crippen LogP contribution >= 0.6 is 11.5 Å². The Kier molecular flexibility index (Phi) is 6.05. The quantitative estimate of drug-likeness (QED) is 0.642. The molecule has 9 nitrogen and oxygen atoms in total. The van der Waals surface area contributed by atoms with E-state index in [-0.39, 0.29) is 18.4 Å². The van der Waals surface area contributed by atoms with Crippen LogP contribution in [0.1, 0.15) is 29.8 Å². The van der Waals surface area contributed by atoms with Gasteiger partial charge in [-0.1, -0.05) is 5.57 Å². The number of likely N-dealkylation sites (tertiary alicyclic amines) is 2. The molecule has 2 aromatic heterocycles. The molecule has 33 heavy (non-hydrogen) atoms. The minimum absolute atomic E-state index is 0.000706. The van der Waals surface area contributed by atoms with E-state index in [1.54, 1.807) is 23.9 Å². The van der Waals surface area contributed by atoms with Crippen molar-refractivity contribution in [2.45, 2.75) is 19.3 Å². The highest BCUT2D eigenvalue weighted by atomic mass is 32.1. The molecular formula is C23H26N6O3S. The second-order valence-corrected chi connectivity index (χ2v) is 9.48. The second-order valence-electron chi connectivity index (χ2n) is 8.87. The molecule has 0 radical (unpaired) electrons. The van der Waals surface area contributed by atoms with Gasteiger partial charge in [-0.15, -0.1) is 0 Å². The van der Waals surface area contributed by atoms with Crippen molar-refractivity contribution >= 4 is 41.3 Å². The Labute approximate surface area is 196 Å². The number of carbonyl (C=O) groups excluding carboxylic acids is 2. The topological polar surface area (TPSA) is 112 Å². The van der Waals surface area contributed by atoms with E-state index in [2.05, 4.69) is 24.6 Å². The maximum Gasteiger partial charge on any atom is 0.246 e. The lowest BCUT2D eigenvalue weighted by Crippen LogP contribution is -2.64. The summed E-state index contributed by atoms with van der Waals surface area (Å²) in [5, 5.41) is 12.0. The summed E-state index contributed by atoms with van der Waals surface area (Å²) in [5.74, 6) is 1.33. The molecule has 0 saturated carbocycles. The van der Waals surface area contributed by atoms with Gasteiger partial charge >= 0.3 is 0 Å². The van der Waals surface area contributed by atoms with Crippen LogP contribution in [0.15, 0.2) is 29.4 Å². The number of nitrogens with zero attached hydrogens (tertiary/aromatic N) is 5. The van der Waals surface area contributed by atoms with Crippen LogP contribution in [-0.4, -0.2) is 80.4 Å². The first-order chi connectivity index (χ1) is 16.0. The van der Waals surface area contributed by atoms with Gasteiger partial charge in [0.15, 0.2) is 5.82 Å². The van der Waals surface area contributed by atoms with E-state index in [0.29, 0.717) is 45.0 Å². The van der Waals surface area contributed by atoms with Gasteiger partial charge in [-0.25, -0.2) is 9.97 Å². The van der Waals surface area contributed by atoms with Crippen molar-refractivity contribution in [2.24, 2.45) is 5.41 Å². The number of amides is 2. The molecule has 1 spiro atoms. The molecule has 2 saturated heterocycles. The van der Waals surface area contributed by atoms with Crippen LogP contribution in [0, 0.1) is 5.41 Å². The fourth-order valence-electron chi connectivity index (χ4n) is 4.77. The average molecular weight is 467 g/mol. The Hall–Kier alpha value is -2.95. The minimum Gasteiger partial charge on any atom is -0.395 e. The lowest BCUT2D eigenvalue weighted by molar-refractivity contribution is -0.137. The van der Waals surface area contributed by atoms with Gasteiger partial charge in [0.1, 0.15) is 11.3 Å². The van der Waals surface area contributed by atoms with Crippen LogP contribution in [-0.2, 0) is 16.0 Å². The van der Waals surface area contributed by atoms with Crippen LogP contribution in [0.3, 0.4) is 0 Å². The molecule has 5 rings (SSSR count). The van der Waals surface area contributed by atoms with Crippen LogP contribution < -0.4 is 5.32 Å². The Morgan fingerprint density at radius 3 is 2.82 bits per heavy atom. The fraction of sp³-hybridized carbons (Fsp3) is 0.435. The number of aliphatic hydroxyl groups is 1. The summed E-state index contributed by atoms with van der Waals surface area (Å²) in [4.78, 5) is 37.8. The predicted octanol–water partition coefficient (Wildman–Crippen LogP) is 1.44.